The Morgan fingerprint density at radius 3 is 2.80 bits per heavy atom. The van der Waals surface area contributed by atoms with Gasteiger partial charge in [0.05, 0.1) is 6.20 Å². The third kappa shape index (κ3) is 3.45. The Kier molecular flexibility index (Phi) is 4.90. The minimum Gasteiger partial charge on any atom is -0.310 e. The van der Waals surface area contributed by atoms with Crippen molar-refractivity contribution in [1.29, 1.82) is 0 Å². The minimum atomic E-state index is -0.181. The molecule has 0 saturated heterocycles. The number of aryl methyl sites for hydroxylation is 1. The van der Waals surface area contributed by atoms with E-state index in [0.717, 1.165) is 30.6 Å². The van der Waals surface area contributed by atoms with E-state index in [1.807, 2.05) is 24.0 Å². The normalized spacial score (nSPS) is 12.6. The molecule has 4 heteroatoms. The van der Waals surface area contributed by atoms with Gasteiger partial charge in [0, 0.05) is 24.3 Å². The van der Waals surface area contributed by atoms with Crippen LogP contribution in [0.15, 0.2) is 30.5 Å². The number of rotatable bonds is 6. The highest BCUT2D eigenvalue weighted by atomic mass is 19.1. The molecule has 0 radical (unpaired) electrons. The number of nitrogens with one attached hydrogen (secondary N) is 1. The van der Waals surface area contributed by atoms with Gasteiger partial charge in [-0.3, -0.25) is 4.68 Å². The highest BCUT2D eigenvalue weighted by Gasteiger charge is 2.16. The molecule has 0 saturated carbocycles. The standard InChI is InChI=1S/C16H22FN3/c1-4-8-18-16(15-11-19-20(3)12(15)2)10-13-6-5-7-14(17)9-13/h5-7,9,11,16,18H,4,8,10H2,1-3H3. The summed E-state index contributed by atoms with van der Waals surface area (Å²) in [5.41, 5.74) is 3.34. The Bertz CT molecular complexity index is 563. The van der Waals surface area contributed by atoms with Crippen LogP contribution in [-0.2, 0) is 13.5 Å². The van der Waals surface area contributed by atoms with Gasteiger partial charge in [-0.2, -0.15) is 5.10 Å². The third-order valence-corrected chi connectivity index (χ3v) is 3.62. The van der Waals surface area contributed by atoms with Gasteiger partial charge in [-0.25, -0.2) is 4.39 Å². The van der Waals surface area contributed by atoms with Crippen LogP contribution in [0.1, 0.15) is 36.2 Å². The predicted octanol–water partition coefficient (Wildman–Crippen LogP) is 3.15. The Morgan fingerprint density at radius 1 is 1.40 bits per heavy atom. The zero-order valence-electron chi connectivity index (χ0n) is 12.4. The van der Waals surface area contributed by atoms with Gasteiger partial charge in [-0.15, -0.1) is 0 Å². The summed E-state index contributed by atoms with van der Waals surface area (Å²) in [7, 11) is 1.94. The fraction of sp³-hybridized carbons (Fsp3) is 0.438. The summed E-state index contributed by atoms with van der Waals surface area (Å²) in [5, 5.41) is 7.84. The third-order valence-electron chi connectivity index (χ3n) is 3.62. The lowest BCUT2D eigenvalue weighted by molar-refractivity contribution is 0.524. The van der Waals surface area contributed by atoms with Crippen LogP contribution < -0.4 is 5.32 Å². The van der Waals surface area contributed by atoms with Crippen LogP contribution in [0.4, 0.5) is 4.39 Å². The number of halogens is 1. The molecule has 3 nitrogen and oxygen atoms in total. The van der Waals surface area contributed by atoms with Gasteiger partial charge in [0.15, 0.2) is 0 Å². The molecule has 1 aromatic carbocycles. The molecule has 0 spiro atoms. The molecule has 0 aliphatic heterocycles. The van der Waals surface area contributed by atoms with Crippen LogP contribution >= 0.6 is 0 Å². The second-order valence-corrected chi connectivity index (χ2v) is 5.15. The van der Waals surface area contributed by atoms with Gasteiger partial charge >= 0.3 is 0 Å². The van der Waals surface area contributed by atoms with Crippen molar-refractivity contribution < 1.29 is 4.39 Å². The van der Waals surface area contributed by atoms with Crippen LogP contribution in [0, 0.1) is 12.7 Å². The second kappa shape index (κ2) is 6.66. The lowest BCUT2D eigenvalue weighted by Gasteiger charge is -2.18. The average molecular weight is 275 g/mol. The van der Waals surface area contributed by atoms with E-state index >= 15 is 0 Å². The summed E-state index contributed by atoms with van der Waals surface area (Å²) < 4.78 is 15.2. The number of aromatic nitrogens is 2. The fourth-order valence-corrected chi connectivity index (χ4v) is 2.37. The molecule has 1 unspecified atom stereocenters. The van der Waals surface area contributed by atoms with Crippen LogP contribution in [0.25, 0.3) is 0 Å². The van der Waals surface area contributed by atoms with Gasteiger partial charge in [0.1, 0.15) is 5.82 Å². The zero-order valence-corrected chi connectivity index (χ0v) is 12.4. The van der Waals surface area contributed by atoms with Crippen LogP contribution in [0.2, 0.25) is 0 Å². The summed E-state index contributed by atoms with van der Waals surface area (Å²) in [6.45, 7) is 5.14. The molecular formula is C16H22FN3. The van der Waals surface area contributed by atoms with Crippen molar-refractivity contribution in [3.05, 3.63) is 53.1 Å². The Balaban J connectivity index is 2.21. The van der Waals surface area contributed by atoms with E-state index in [1.165, 1.54) is 11.6 Å². The van der Waals surface area contributed by atoms with Crippen molar-refractivity contribution in [2.24, 2.45) is 7.05 Å². The molecule has 0 fully saturated rings. The Morgan fingerprint density at radius 2 is 2.20 bits per heavy atom. The first-order valence-electron chi connectivity index (χ1n) is 7.08. The van der Waals surface area contributed by atoms with Crippen LogP contribution in [-0.4, -0.2) is 16.3 Å². The molecule has 1 atom stereocenters. The van der Waals surface area contributed by atoms with E-state index in [0.29, 0.717) is 0 Å². The Labute approximate surface area is 119 Å². The van der Waals surface area contributed by atoms with Gasteiger partial charge in [-0.05, 0) is 44.0 Å². The Hall–Kier alpha value is -1.68. The maximum absolute atomic E-state index is 13.3. The smallest absolute Gasteiger partial charge is 0.123 e. The van der Waals surface area contributed by atoms with E-state index in [1.54, 1.807) is 12.1 Å². The monoisotopic (exact) mass is 275 g/mol. The first-order valence-corrected chi connectivity index (χ1v) is 7.08. The molecule has 108 valence electrons. The number of nitrogens with zero attached hydrogens (tertiary/aromatic N) is 2. The molecule has 1 aromatic heterocycles. The largest absolute Gasteiger partial charge is 0.310 e. The number of benzene rings is 1. The molecule has 0 amide bonds. The highest BCUT2D eigenvalue weighted by molar-refractivity contribution is 5.25. The molecule has 0 aliphatic carbocycles. The highest BCUT2D eigenvalue weighted by Crippen LogP contribution is 2.21. The van der Waals surface area contributed by atoms with Crippen LogP contribution in [0.5, 0.6) is 0 Å². The van der Waals surface area contributed by atoms with Crippen molar-refractivity contribution in [1.82, 2.24) is 15.1 Å². The summed E-state index contributed by atoms with van der Waals surface area (Å²) in [4.78, 5) is 0. The van der Waals surface area contributed by atoms with Crippen molar-refractivity contribution in [3.8, 4) is 0 Å². The van der Waals surface area contributed by atoms with Gasteiger partial charge in [0.25, 0.3) is 0 Å². The maximum Gasteiger partial charge on any atom is 0.123 e. The first kappa shape index (κ1) is 14.7. The topological polar surface area (TPSA) is 29.9 Å². The minimum absolute atomic E-state index is 0.172. The lowest BCUT2D eigenvalue weighted by atomic mass is 9.99. The molecule has 1 N–H and O–H groups in total. The summed E-state index contributed by atoms with van der Waals surface area (Å²) in [6, 6.07) is 6.98. The quantitative estimate of drug-likeness (QED) is 0.877. The number of hydrogen-bond acceptors (Lipinski definition) is 2. The molecule has 20 heavy (non-hydrogen) atoms. The predicted molar refractivity (Wildman–Crippen MR) is 79.1 cm³/mol. The molecule has 2 rings (SSSR count). The van der Waals surface area contributed by atoms with E-state index in [9.17, 15) is 4.39 Å². The summed E-state index contributed by atoms with van der Waals surface area (Å²) >= 11 is 0. The maximum atomic E-state index is 13.3. The van der Waals surface area contributed by atoms with E-state index in [-0.39, 0.29) is 11.9 Å². The molecule has 1 heterocycles. The van der Waals surface area contributed by atoms with Gasteiger partial charge in [-0.1, -0.05) is 19.1 Å². The molecule has 0 aliphatic rings. The van der Waals surface area contributed by atoms with E-state index in [2.05, 4.69) is 24.3 Å². The molecule has 0 bridgehead atoms. The van der Waals surface area contributed by atoms with Crippen molar-refractivity contribution in [2.75, 3.05) is 6.54 Å². The van der Waals surface area contributed by atoms with Crippen molar-refractivity contribution >= 4 is 0 Å². The van der Waals surface area contributed by atoms with Gasteiger partial charge in [0.2, 0.25) is 0 Å². The van der Waals surface area contributed by atoms with Crippen LogP contribution in [0.3, 0.4) is 0 Å². The zero-order chi connectivity index (χ0) is 14.5. The van der Waals surface area contributed by atoms with Crippen molar-refractivity contribution in [3.63, 3.8) is 0 Å². The molecular weight excluding hydrogens is 253 g/mol. The fourth-order valence-electron chi connectivity index (χ4n) is 2.37. The van der Waals surface area contributed by atoms with Gasteiger partial charge < -0.3 is 5.32 Å². The number of hydrogen-bond donors (Lipinski definition) is 1. The SMILES string of the molecule is CCCNC(Cc1cccc(F)c1)c1cnn(C)c1C. The summed E-state index contributed by atoms with van der Waals surface area (Å²) in [5.74, 6) is -0.181. The van der Waals surface area contributed by atoms with E-state index < -0.39 is 0 Å². The lowest BCUT2D eigenvalue weighted by Crippen LogP contribution is -2.24. The molecule has 2 aromatic rings. The first-order chi connectivity index (χ1) is 9.61. The summed E-state index contributed by atoms with van der Waals surface area (Å²) in [6.07, 6.45) is 3.74. The second-order valence-electron chi connectivity index (χ2n) is 5.15. The average Bonchev–Trinajstić information content (AvgIpc) is 2.75. The van der Waals surface area contributed by atoms with E-state index in [4.69, 9.17) is 0 Å². The van der Waals surface area contributed by atoms with Crippen molar-refractivity contribution in [2.45, 2.75) is 32.7 Å².